The Kier molecular flexibility index (Phi) is 7.59. The molecule has 0 bridgehead atoms. The average molecular weight is 472 g/mol. The van der Waals surface area contributed by atoms with E-state index in [0.29, 0.717) is 12.5 Å². The maximum absolute atomic E-state index is 13.4. The van der Waals surface area contributed by atoms with Gasteiger partial charge < -0.3 is 10.2 Å². The highest BCUT2D eigenvalue weighted by Crippen LogP contribution is 2.29. The molecule has 0 saturated carbocycles. The quantitative estimate of drug-likeness (QED) is 0.641. The minimum atomic E-state index is -3.93. The number of aryl methyl sites for hydroxylation is 1. The Hall–Kier alpha value is -2.71. The van der Waals surface area contributed by atoms with Gasteiger partial charge in [0.05, 0.1) is 11.4 Å². The molecule has 0 aromatic heterocycles. The van der Waals surface area contributed by atoms with Crippen LogP contribution in [0.25, 0.3) is 0 Å². The van der Waals surface area contributed by atoms with Gasteiger partial charge in [-0.15, -0.1) is 0 Å². The van der Waals surface area contributed by atoms with Gasteiger partial charge in [-0.2, -0.15) is 4.31 Å². The SMILES string of the molecule is Cc1cccc(CN2C(=O)CN(S(=O)(=O)c3ccccc3)C[C@@]2(C)C(=O)NCCC(C)C)c1. The number of hydrogen-bond acceptors (Lipinski definition) is 4. The van der Waals surface area contributed by atoms with Crippen LogP contribution in [0.15, 0.2) is 59.5 Å². The first kappa shape index (κ1) is 24.9. The molecule has 178 valence electrons. The Morgan fingerprint density at radius 1 is 1.12 bits per heavy atom. The fourth-order valence-electron chi connectivity index (χ4n) is 4.02. The molecule has 0 aliphatic carbocycles. The number of nitrogens with one attached hydrogen (secondary N) is 1. The third-order valence-corrected chi connectivity index (χ3v) is 7.80. The molecule has 0 spiro atoms. The third-order valence-electron chi connectivity index (χ3n) is 5.99. The predicted molar refractivity (Wildman–Crippen MR) is 128 cm³/mol. The summed E-state index contributed by atoms with van der Waals surface area (Å²) in [6, 6.07) is 15.8. The number of carbonyl (C=O) groups excluding carboxylic acids is 2. The Morgan fingerprint density at radius 3 is 2.45 bits per heavy atom. The van der Waals surface area contributed by atoms with E-state index in [4.69, 9.17) is 0 Å². The summed E-state index contributed by atoms with van der Waals surface area (Å²) in [4.78, 5) is 28.3. The van der Waals surface area contributed by atoms with Crippen molar-refractivity contribution >= 4 is 21.8 Å². The van der Waals surface area contributed by atoms with E-state index in [1.807, 2.05) is 31.2 Å². The van der Waals surface area contributed by atoms with Crippen LogP contribution >= 0.6 is 0 Å². The zero-order valence-electron chi connectivity index (χ0n) is 19.7. The second kappa shape index (κ2) is 10.1. The summed E-state index contributed by atoms with van der Waals surface area (Å²) in [6.45, 7) is 8.02. The fraction of sp³-hybridized carbons (Fsp3) is 0.440. The molecular formula is C25H33N3O4S. The van der Waals surface area contributed by atoms with Crippen LogP contribution in [0.5, 0.6) is 0 Å². The highest BCUT2D eigenvalue weighted by atomic mass is 32.2. The van der Waals surface area contributed by atoms with Crippen molar-refractivity contribution in [1.29, 1.82) is 0 Å². The Balaban J connectivity index is 1.94. The normalized spacial score (nSPS) is 19.7. The van der Waals surface area contributed by atoms with Crippen molar-refractivity contribution in [1.82, 2.24) is 14.5 Å². The predicted octanol–water partition coefficient (Wildman–Crippen LogP) is 2.95. The summed E-state index contributed by atoms with van der Waals surface area (Å²) in [7, 11) is -3.93. The standard InChI is InChI=1S/C25H33N3O4S/c1-19(2)13-14-26-24(30)25(4)18-27(33(31,32)22-11-6-5-7-12-22)17-23(29)28(25)16-21-10-8-9-20(3)15-21/h5-12,15,19H,13-14,16-18H2,1-4H3,(H,26,30)/t25-/m0/s1. The number of rotatable bonds is 8. The molecule has 8 heteroatoms. The largest absolute Gasteiger partial charge is 0.354 e. The molecule has 1 atom stereocenters. The maximum atomic E-state index is 13.4. The number of nitrogens with zero attached hydrogens (tertiary/aromatic N) is 2. The second-order valence-corrected chi connectivity index (χ2v) is 11.2. The molecule has 1 heterocycles. The second-order valence-electron chi connectivity index (χ2n) is 9.27. The lowest BCUT2D eigenvalue weighted by Crippen LogP contribution is -2.69. The van der Waals surface area contributed by atoms with E-state index in [1.54, 1.807) is 25.1 Å². The van der Waals surface area contributed by atoms with Crippen LogP contribution in [-0.2, 0) is 26.2 Å². The molecular weight excluding hydrogens is 438 g/mol. The van der Waals surface area contributed by atoms with Crippen LogP contribution < -0.4 is 5.32 Å². The van der Waals surface area contributed by atoms with E-state index in [1.165, 1.54) is 17.0 Å². The lowest BCUT2D eigenvalue weighted by molar-refractivity contribution is -0.153. The van der Waals surface area contributed by atoms with Crippen molar-refractivity contribution in [2.24, 2.45) is 5.92 Å². The molecule has 1 aliphatic heterocycles. The minimum Gasteiger partial charge on any atom is -0.354 e. The molecule has 2 aromatic rings. The molecule has 0 radical (unpaired) electrons. The van der Waals surface area contributed by atoms with Crippen molar-refractivity contribution in [3.05, 3.63) is 65.7 Å². The molecule has 3 rings (SSSR count). The van der Waals surface area contributed by atoms with E-state index in [0.717, 1.165) is 21.9 Å². The van der Waals surface area contributed by atoms with E-state index < -0.39 is 21.5 Å². The number of amides is 2. The summed E-state index contributed by atoms with van der Waals surface area (Å²) in [5.41, 5.74) is 0.593. The van der Waals surface area contributed by atoms with E-state index >= 15 is 0 Å². The minimum absolute atomic E-state index is 0.104. The van der Waals surface area contributed by atoms with E-state index in [-0.39, 0.29) is 30.4 Å². The first-order valence-electron chi connectivity index (χ1n) is 11.2. The van der Waals surface area contributed by atoms with Crippen LogP contribution in [0, 0.1) is 12.8 Å². The Bertz CT molecular complexity index is 1100. The lowest BCUT2D eigenvalue weighted by Gasteiger charge is -2.47. The summed E-state index contributed by atoms with van der Waals surface area (Å²) >= 11 is 0. The van der Waals surface area contributed by atoms with Gasteiger partial charge in [-0.05, 0) is 43.9 Å². The van der Waals surface area contributed by atoms with Crippen LogP contribution in [-0.4, -0.2) is 54.6 Å². The first-order chi connectivity index (χ1) is 15.5. The first-order valence-corrected chi connectivity index (χ1v) is 12.7. The molecule has 1 aliphatic rings. The summed E-state index contributed by atoms with van der Waals surface area (Å²) in [5.74, 6) is -0.342. The van der Waals surface area contributed by atoms with Crippen molar-refractivity contribution < 1.29 is 18.0 Å². The van der Waals surface area contributed by atoms with E-state index in [2.05, 4.69) is 19.2 Å². The highest BCUT2D eigenvalue weighted by Gasteiger charge is 2.50. The monoisotopic (exact) mass is 471 g/mol. The fourth-order valence-corrected chi connectivity index (χ4v) is 5.52. The van der Waals surface area contributed by atoms with Crippen LogP contribution in [0.3, 0.4) is 0 Å². The smallest absolute Gasteiger partial charge is 0.247 e. The number of carbonyl (C=O) groups is 2. The summed E-state index contributed by atoms with van der Waals surface area (Å²) in [5, 5.41) is 2.93. The maximum Gasteiger partial charge on any atom is 0.247 e. The van der Waals surface area contributed by atoms with Crippen LogP contribution in [0.2, 0.25) is 0 Å². The van der Waals surface area contributed by atoms with Crippen LogP contribution in [0.1, 0.15) is 38.3 Å². The summed E-state index contributed by atoms with van der Waals surface area (Å²) in [6.07, 6.45) is 0.791. The van der Waals surface area contributed by atoms with Crippen molar-refractivity contribution in [3.8, 4) is 0 Å². The van der Waals surface area contributed by atoms with Gasteiger partial charge in [0.15, 0.2) is 0 Å². The molecule has 2 amide bonds. The summed E-state index contributed by atoms with van der Waals surface area (Å²) < 4.78 is 27.7. The number of piperazine rings is 1. The molecule has 1 saturated heterocycles. The zero-order chi connectivity index (χ0) is 24.2. The molecule has 33 heavy (non-hydrogen) atoms. The number of hydrogen-bond donors (Lipinski definition) is 1. The van der Waals surface area contributed by atoms with Gasteiger partial charge in [0.2, 0.25) is 21.8 Å². The Labute approximate surface area is 196 Å². The Morgan fingerprint density at radius 2 is 1.82 bits per heavy atom. The van der Waals surface area contributed by atoms with Crippen molar-refractivity contribution in [3.63, 3.8) is 0 Å². The van der Waals surface area contributed by atoms with Gasteiger partial charge in [-0.1, -0.05) is 61.9 Å². The molecule has 2 aromatic carbocycles. The van der Waals surface area contributed by atoms with Gasteiger partial charge in [-0.3, -0.25) is 9.59 Å². The topological polar surface area (TPSA) is 86.8 Å². The molecule has 1 N–H and O–H groups in total. The molecule has 7 nitrogen and oxygen atoms in total. The lowest BCUT2D eigenvalue weighted by atomic mass is 9.94. The van der Waals surface area contributed by atoms with Crippen LogP contribution in [0.4, 0.5) is 0 Å². The van der Waals surface area contributed by atoms with E-state index in [9.17, 15) is 18.0 Å². The van der Waals surface area contributed by atoms with Gasteiger partial charge in [0.25, 0.3) is 0 Å². The van der Waals surface area contributed by atoms with Crippen molar-refractivity contribution in [2.45, 2.75) is 51.1 Å². The van der Waals surface area contributed by atoms with Crippen molar-refractivity contribution in [2.75, 3.05) is 19.6 Å². The molecule has 1 fully saturated rings. The average Bonchev–Trinajstić information content (AvgIpc) is 2.76. The number of sulfonamides is 1. The highest BCUT2D eigenvalue weighted by molar-refractivity contribution is 7.89. The van der Waals surface area contributed by atoms with Gasteiger partial charge in [0, 0.05) is 19.6 Å². The van der Waals surface area contributed by atoms with Gasteiger partial charge >= 0.3 is 0 Å². The van der Waals surface area contributed by atoms with Gasteiger partial charge in [0.1, 0.15) is 5.54 Å². The molecule has 0 unspecified atom stereocenters. The van der Waals surface area contributed by atoms with Gasteiger partial charge in [-0.25, -0.2) is 8.42 Å². The number of benzene rings is 2. The third kappa shape index (κ3) is 5.62. The zero-order valence-corrected chi connectivity index (χ0v) is 20.6.